The van der Waals surface area contributed by atoms with Crippen molar-refractivity contribution in [1.29, 1.82) is 0 Å². The molecule has 1 unspecified atom stereocenters. The number of halogens is 1. The van der Waals surface area contributed by atoms with Crippen LogP contribution >= 0.6 is 11.6 Å². The van der Waals surface area contributed by atoms with Crippen molar-refractivity contribution in [3.8, 4) is 0 Å². The van der Waals surface area contributed by atoms with Gasteiger partial charge in [-0.25, -0.2) is 0 Å². The molecular weight excluding hydrogens is 220 g/mol. The van der Waals surface area contributed by atoms with Crippen LogP contribution in [0.3, 0.4) is 0 Å². The van der Waals surface area contributed by atoms with Gasteiger partial charge in [0.2, 0.25) is 0 Å². The van der Waals surface area contributed by atoms with Gasteiger partial charge < -0.3 is 5.11 Å². The second-order valence-electron chi connectivity index (χ2n) is 3.84. The Kier molecular flexibility index (Phi) is 3.28. The van der Waals surface area contributed by atoms with Crippen molar-refractivity contribution in [2.45, 2.75) is 13.0 Å². The second kappa shape index (κ2) is 4.69. The smallest absolute Gasteiger partial charge is 0.105 e. The van der Waals surface area contributed by atoms with Crippen LogP contribution in [0.25, 0.3) is 0 Å². The molecule has 82 valence electrons. The molecule has 2 aromatic rings. The summed E-state index contributed by atoms with van der Waals surface area (Å²) in [5.41, 5.74) is 2.74. The maximum absolute atomic E-state index is 10.2. The fourth-order valence-electron chi connectivity index (χ4n) is 1.72. The van der Waals surface area contributed by atoms with Gasteiger partial charge in [-0.3, -0.25) is 0 Å². The third-order valence-corrected chi connectivity index (χ3v) is 2.90. The highest BCUT2D eigenvalue weighted by Gasteiger charge is 2.12. The van der Waals surface area contributed by atoms with Crippen molar-refractivity contribution in [2.24, 2.45) is 0 Å². The lowest BCUT2D eigenvalue weighted by molar-refractivity contribution is 0.220. The van der Waals surface area contributed by atoms with E-state index in [-0.39, 0.29) is 0 Å². The summed E-state index contributed by atoms with van der Waals surface area (Å²) < 4.78 is 0. The highest BCUT2D eigenvalue weighted by Crippen LogP contribution is 2.28. The van der Waals surface area contributed by atoms with E-state index in [1.807, 2.05) is 49.4 Å². The van der Waals surface area contributed by atoms with Crippen molar-refractivity contribution in [2.75, 3.05) is 0 Å². The number of aliphatic hydroxyl groups is 1. The largest absolute Gasteiger partial charge is 0.384 e. The lowest BCUT2D eigenvalue weighted by Gasteiger charge is -2.13. The predicted octanol–water partition coefficient (Wildman–Crippen LogP) is 3.73. The van der Waals surface area contributed by atoms with Gasteiger partial charge in [-0.05, 0) is 18.6 Å². The highest BCUT2D eigenvalue weighted by molar-refractivity contribution is 6.31. The Morgan fingerprint density at radius 2 is 1.81 bits per heavy atom. The van der Waals surface area contributed by atoms with E-state index in [2.05, 4.69) is 0 Å². The number of hydrogen-bond donors (Lipinski definition) is 1. The fraction of sp³-hybridized carbons (Fsp3) is 0.143. The summed E-state index contributed by atoms with van der Waals surface area (Å²) in [7, 11) is 0. The van der Waals surface area contributed by atoms with Crippen molar-refractivity contribution in [1.82, 2.24) is 0 Å². The molecule has 0 aliphatic heterocycles. The first kappa shape index (κ1) is 11.2. The molecule has 0 aliphatic carbocycles. The molecule has 1 nitrogen and oxygen atoms in total. The summed E-state index contributed by atoms with van der Waals surface area (Å²) in [6.07, 6.45) is -0.659. The van der Waals surface area contributed by atoms with Gasteiger partial charge in [-0.1, -0.05) is 59.6 Å². The van der Waals surface area contributed by atoms with Gasteiger partial charge in [0.15, 0.2) is 0 Å². The van der Waals surface area contributed by atoms with Gasteiger partial charge >= 0.3 is 0 Å². The van der Waals surface area contributed by atoms with Gasteiger partial charge in [0.05, 0.1) is 0 Å². The monoisotopic (exact) mass is 232 g/mol. The molecule has 2 rings (SSSR count). The fourth-order valence-corrected chi connectivity index (χ4v) is 1.96. The van der Waals surface area contributed by atoms with Crippen LogP contribution in [0, 0.1) is 6.92 Å². The lowest BCUT2D eigenvalue weighted by atomic mass is 10.0. The number of rotatable bonds is 2. The molecule has 0 bridgehead atoms. The average molecular weight is 233 g/mol. The Hall–Kier alpha value is -1.31. The maximum Gasteiger partial charge on any atom is 0.105 e. The number of aryl methyl sites for hydroxylation is 1. The molecule has 0 aromatic heterocycles. The normalized spacial score (nSPS) is 12.4. The Bertz CT molecular complexity index is 494. The zero-order valence-electron chi connectivity index (χ0n) is 9.02. The van der Waals surface area contributed by atoms with Gasteiger partial charge in [0, 0.05) is 10.6 Å². The van der Waals surface area contributed by atoms with Crippen molar-refractivity contribution < 1.29 is 5.11 Å². The van der Waals surface area contributed by atoms with Gasteiger partial charge in [0.1, 0.15) is 6.10 Å². The van der Waals surface area contributed by atoms with Gasteiger partial charge in [-0.2, -0.15) is 0 Å². The van der Waals surface area contributed by atoms with E-state index >= 15 is 0 Å². The van der Waals surface area contributed by atoms with Crippen LogP contribution in [0.5, 0.6) is 0 Å². The summed E-state index contributed by atoms with van der Waals surface area (Å²) in [4.78, 5) is 0. The Balaban J connectivity index is 2.39. The number of hydrogen-bond acceptors (Lipinski definition) is 1. The third kappa shape index (κ3) is 2.26. The Morgan fingerprint density at radius 1 is 1.06 bits per heavy atom. The summed E-state index contributed by atoms with van der Waals surface area (Å²) in [5.74, 6) is 0. The minimum absolute atomic E-state index is 0.594. The van der Waals surface area contributed by atoms with E-state index in [1.165, 1.54) is 0 Å². The molecule has 0 heterocycles. The third-order valence-electron chi connectivity index (χ3n) is 2.56. The Labute approximate surface area is 100 Å². The van der Waals surface area contributed by atoms with E-state index in [0.717, 1.165) is 16.7 Å². The molecule has 0 radical (unpaired) electrons. The molecular formula is C14H13ClO. The molecule has 0 amide bonds. The molecule has 0 fully saturated rings. The first-order chi connectivity index (χ1) is 7.68. The second-order valence-corrected chi connectivity index (χ2v) is 4.25. The lowest BCUT2D eigenvalue weighted by Crippen LogP contribution is -2.00. The summed E-state index contributed by atoms with van der Waals surface area (Å²) >= 11 is 6.05. The predicted molar refractivity (Wildman–Crippen MR) is 66.7 cm³/mol. The van der Waals surface area contributed by atoms with Crippen LogP contribution in [0.15, 0.2) is 48.5 Å². The zero-order valence-corrected chi connectivity index (χ0v) is 9.78. The summed E-state index contributed by atoms with van der Waals surface area (Å²) in [6.45, 7) is 2.00. The van der Waals surface area contributed by atoms with Crippen LogP contribution in [0.1, 0.15) is 22.8 Å². The van der Waals surface area contributed by atoms with E-state index in [4.69, 9.17) is 11.6 Å². The van der Waals surface area contributed by atoms with Crippen molar-refractivity contribution in [3.05, 3.63) is 70.2 Å². The topological polar surface area (TPSA) is 20.2 Å². The van der Waals surface area contributed by atoms with Crippen LogP contribution < -0.4 is 0 Å². The van der Waals surface area contributed by atoms with E-state index in [1.54, 1.807) is 6.07 Å². The summed E-state index contributed by atoms with van der Waals surface area (Å²) in [6, 6.07) is 15.2. The van der Waals surface area contributed by atoms with E-state index in [9.17, 15) is 5.11 Å². The molecule has 2 heteroatoms. The zero-order chi connectivity index (χ0) is 11.5. The molecule has 0 spiro atoms. The Morgan fingerprint density at radius 3 is 2.50 bits per heavy atom. The van der Waals surface area contributed by atoms with Gasteiger partial charge in [-0.15, -0.1) is 0 Å². The minimum Gasteiger partial charge on any atom is -0.384 e. The quantitative estimate of drug-likeness (QED) is 0.837. The van der Waals surface area contributed by atoms with Crippen LogP contribution in [0.4, 0.5) is 0 Å². The molecule has 0 saturated carbocycles. The van der Waals surface area contributed by atoms with E-state index in [0.29, 0.717) is 5.02 Å². The summed E-state index contributed by atoms with van der Waals surface area (Å²) in [5, 5.41) is 10.8. The maximum atomic E-state index is 10.2. The van der Waals surface area contributed by atoms with E-state index < -0.39 is 6.10 Å². The van der Waals surface area contributed by atoms with Crippen LogP contribution in [-0.4, -0.2) is 5.11 Å². The molecule has 1 atom stereocenters. The molecule has 2 aromatic carbocycles. The van der Waals surface area contributed by atoms with Crippen molar-refractivity contribution >= 4 is 11.6 Å². The molecule has 0 saturated heterocycles. The first-order valence-corrected chi connectivity index (χ1v) is 5.55. The van der Waals surface area contributed by atoms with Gasteiger partial charge in [0.25, 0.3) is 0 Å². The average Bonchev–Trinajstić information content (AvgIpc) is 2.29. The minimum atomic E-state index is -0.659. The van der Waals surface area contributed by atoms with Crippen molar-refractivity contribution in [3.63, 3.8) is 0 Å². The molecule has 16 heavy (non-hydrogen) atoms. The van der Waals surface area contributed by atoms with Crippen LogP contribution in [-0.2, 0) is 0 Å². The molecule has 0 aliphatic rings. The standard InChI is InChI=1S/C14H13ClO/c1-10-5-4-6-11(9-10)14(16)12-7-2-3-8-13(12)15/h2-9,14,16H,1H3. The van der Waals surface area contributed by atoms with Crippen LogP contribution in [0.2, 0.25) is 5.02 Å². The highest BCUT2D eigenvalue weighted by atomic mass is 35.5. The first-order valence-electron chi connectivity index (χ1n) is 5.17. The SMILES string of the molecule is Cc1cccc(C(O)c2ccccc2Cl)c1. The molecule has 1 N–H and O–H groups in total. The number of benzene rings is 2. The number of aliphatic hydroxyl groups excluding tert-OH is 1.